The second kappa shape index (κ2) is 10.9. The van der Waals surface area contributed by atoms with Gasteiger partial charge in [-0.15, -0.1) is 0 Å². The fourth-order valence-corrected chi connectivity index (χ4v) is 41.0. The summed E-state index contributed by atoms with van der Waals surface area (Å²) in [6, 6.07) is 0. The summed E-state index contributed by atoms with van der Waals surface area (Å²) in [5, 5.41) is 0. The molecule has 0 saturated heterocycles. The average Bonchev–Trinajstić information content (AvgIpc) is 3.40. The van der Waals surface area contributed by atoms with Crippen LogP contribution in [0.2, 0.25) is 0 Å². The topological polar surface area (TPSA) is 0 Å². The fraction of sp³-hybridized carbons (Fsp3) is 1.00. The Bertz CT molecular complexity index is 482. The second-order valence-electron chi connectivity index (χ2n) is 12.4. The molecule has 2 heteroatoms. The van der Waals surface area contributed by atoms with Crippen molar-refractivity contribution >= 4 is 13.9 Å². The fourth-order valence-electron chi connectivity index (χ4n) is 10.6. The molecule has 0 amide bonds. The summed E-state index contributed by atoms with van der Waals surface area (Å²) < 4.78 is 0. The third-order valence-electron chi connectivity index (χ3n) is 11.0. The van der Waals surface area contributed by atoms with Gasteiger partial charge in [0.05, 0.1) is 0 Å². The Morgan fingerprint density at radius 2 is 1.07 bits per heavy atom. The van der Waals surface area contributed by atoms with Gasteiger partial charge in [-0.1, -0.05) is 0 Å². The van der Waals surface area contributed by atoms with Crippen LogP contribution in [0, 0.1) is 11.8 Å². The Kier molecular flexibility index (Phi) is 8.69. The maximum atomic E-state index is 2.58. The monoisotopic (exact) mass is 454 g/mol. The summed E-state index contributed by atoms with van der Waals surface area (Å²) in [6.45, 7) is 5.20. The third kappa shape index (κ3) is 4.22. The van der Waals surface area contributed by atoms with E-state index in [2.05, 4.69) is 20.8 Å². The van der Waals surface area contributed by atoms with E-state index >= 15 is 0 Å². The van der Waals surface area contributed by atoms with Crippen LogP contribution in [-0.4, -0.2) is 35.5 Å². The van der Waals surface area contributed by atoms with Crippen molar-refractivity contribution in [1.29, 1.82) is 0 Å². The van der Waals surface area contributed by atoms with E-state index in [0.29, 0.717) is 0 Å². The van der Waals surface area contributed by atoms with Crippen LogP contribution < -0.4 is 0 Å². The Morgan fingerprint density at radius 3 is 1.43 bits per heavy atom. The van der Waals surface area contributed by atoms with Crippen LogP contribution in [0.3, 0.4) is 0 Å². The minimum atomic E-state index is -1.32. The molecule has 0 radical (unpaired) electrons. The molecule has 0 N–H and O–H groups in total. The van der Waals surface area contributed by atoms with Crippen molar-refractivity contribution in [1.82, 2.24) is 0 Å². The predicted molar refractivity (Wildman–Crippen MR) is 145 cm³/mol. The van der Waals surface area contributed by atoms with Gasteiger partial charge in [0.1, 0.15) is 0 Å². The molecule has 3 unspecified atom stereocenters. The van der Waals surface area contributed by atoms with Crippen molar-refractivity contribution < 1.29 is 0 Å². The molecule has 0 heterocycles. The van der Waals surface area contributed by atoms with E-state index in [0.717, 1.165) is 5.92 Å². The molecule has 0 spiro atoms. The molecular formula is C28H56P2. The first kappa shape index (κ1) is 24.0. The van der Waals surface area contributed by atoms with Gasteiger partial charge in [-0.05, 0) is 0 Å². The summed E-state index contributed by atoms with van der Waals surface area (Å²) in [5.74, 6) is 2.36. The van der Waals surface area contributed by atoms with Gasteiger partial charge < -0.3 is 0 Å². The van der Waals surface area contributed by atoms with E-state index in [1.807, 2.05) is 0 Å². The zero-order valence-corrected chi connectivity index (χ0v) is 23.0. The average molecular weight is 455 g/mol. The molecule has 0 aliphatic heterocycles. The first-order valence-electron chi connectivity index (χ1n) is 14.7. The van der Waals surface area contributed by atoms with E-state index in [9.17, 15) is 0 Å². The van der Waals surface area contributed by atoms with Gasteiger partial charge in [0, 0.05) is 0 Å². The van der Waals surface area contributed by atoms with Gasteiger partial charge >= 0.3 is 191 Å². The van der Waals surface area contributed by atoms with Crippen molar-refractivity contribution in [2.24, 2.45) is 11.8 Å². The Hall–Kier alpha value is 0.860. The molecule has 4 aliphatic carbocycles. The summed E-state index contributed by atoms with van der Waals surface area (Å²) in [4.78, 5) is 0. The summed E-state index contributed by atoms with van der Waals surface area (Å²) >= 11 is 0. The minimum absolute atomic E-state index is 1.16. The van der Waals surface area contributed by atoms with Crippen molar-refractivity contribution in [2.75, 3.05) is 18.5 Å². The van der Waals surface area contributed by atoms with Crippen LogP contribution in [-0.2, 0) is 0 Å². The van der Waals surface area contributed by atoms with Crippen LogP contribution in [0.25, 0.3) is 0 Å². The van der Waals surface area contributed by atoms with Crippen molar-refractivity contribution in [3.8, 4) is 0 Å². The van der Waals surface area contributed by atoms with Gasteiger partial charge in [0.15, 0.2) is 0 Å². The van der Waals surface area contributed by atoms with Crippen LogP contribution in [0.4, 0.5) is 0 Å². The maximum absolute atomic E-state index is 2.58. The van der Waals surface area contributed by atoms with E-state index in [1.54, 1.807) is 108 Å². The molecule has 178 valence electrons. The number of hydrogen-bond acceptors (Lipinski definition) is 0. The quantitative estimate of drug-likeness (QED) is 0.288. The molecule has 4 rings (SSSR count). The molecule has 0 aromatic rings. The number of hydrogen-bond donors (Lipinski definition) is 0. The SMILES string of the molecule is CCC[PH](CCC)(CCC)[PH](C1CCCCC1)(C1CCCCC1)C1CC2CCC1C2. The van der Waals surface area contributed by atoms with Crippen LogP contribution in [0.5, 0.6) is 0 Å². The molecule has 3 atom stereocenters. The summed E-state index contributed by atoms with van der Waals surface area (Å²) in [5.41, 5.74) is 3.81. The molecule has 2 bridgehead atoms. The zero-order valence-electron chi connectivity index (χ0n) is 21.0. The van der Waals surface area contributed by atoms with Gasteiger partial charge in [-0.2, -0.15) is 0 Å². The Morgan fingerprint density at radius 1 is 0.567 bits per heavy atom. The first-order chi connectivity index (χ1) is 14.7. The van der Waals surface area contributed by atoms with E-state index in [-0.39, 0.29) is 0 Å². The van der Waals surface area contributed by atoms with Gasteiger partial charge in [0.25, 0.3) is 0 Å². The molecule has 4 fully saturated rings. The Labute approximate surface area is 191 Å². The van der Waals surface area contributed by atoms with Gasteiger partial charge in [-0.3, -0.25) is 0 Å². The third-order valence-corrected chi connectivity index (χ3v) is 34.3. The Balaban J connectivity index is 1.87. The molecule has 30 heavy (non-hydrogen) atoms. The van der Waals surface area contributed by atoms with Crippen molar-refractivity contribution in [3.05, 3.63) is 0 Å². The molecule has 0 aromatic heterocycles. The van der Waals surface area contributed by atoms with Gasteiger partial charge in [-0.25, -0.2) is 0 Å². The van der Waals surface area contributed by atoms with Gasteiger partial charge in [0.2, 0.25) is 0 Å². The standard InChI is InChI=1S/C28H56P2/c1-4-19-29(20-5-2,21-6-3)30(26-13-9-7-10-14-26,27-15-11-8-12-16-27)28-23-24-17-18-25(28)22-24/h24-30H,4-23H2,1-3H3. The summed E-state index contributed by atoms with van der Waals surface area (Å²) in [7, 11) is 0. The van der Waals surface area contributed by atoms with Crippen LogP contribution >= 0.6 is 13.9 Å². The summed E-state index contributed by atoms with van der Waals surface area (Å²) in [6.07, 6.45) is 32.7. The van der Waals surface area contributed by atoms with Crippen LogP contribution in [0.1, 0.15) is 130 Å². The van der Waals surface area contributed by atoms with Crippen molar-refractivity contribution in [3.63, 3.8) is 0 Å². The zero-order chi connectivity index (χ0) is 21.0. The van der Waals surface area contributed by atoms with Crippen LogP contribution in [0.15, 0.2) is 0 Å². The molecule has 4 aliphatic rings. The number of fused-ring (bicyclic) bond motifs is 2. The molecular weight excluding hydrogens is 398 g/mol. The van der Waals surface area contributed by atoms with E-state index < -0.39 is 13.9 Å². The molecule has 0 nitrogen and oxygen atoms in total. The normalized spacial score (nSPS) is 32.6. The second-order valence-corrected chi connectivity index (χ2v) is 26.5. The predicted octanol–water partition coefficient (Wildman–Crippen LogP) is 9.49. The van der Waals surface area contributed by atoms with E-state index in [4.69, 9.17) is 0 Å². The first-order valence-corrected chi connectivity index (χ1v) is 20.6. The van der Waals surface area contributed by atoms with Crippen molar-refractivity contribution in [2.45, 2.75) is 147 Å². The molecule has 0 aromatic carbocycles. The van der Waals surface area contributed by atoms with E-state index in [1.165, 1.54) is 42.2 Å². The molecule has 4 saturated carbocycles. The number of rotatable bonds is 10.